The molecule has 2 nitrogen and oxygen atoms in total. The Morgan fingerprint density at radius 2 is 1.67 bits per heavy atom. The quantitative estimate of drug-likeness (QED) is 0.741. The Labute approximate surface area is 93.4 Å². The van der Waals surface area contributed by atoms with Crippen molar-refractivity contribution in [2.24, 2.45) is 23.7 Å². The molecule has 0 aromatic carbocycles. The lowest BCUT2D eigenvalue weighted by molar-refractivity contribution is 0.0677. The first-order valence-corrected chi connectivity index (χ1v) is 6.69. The Morgan fingerprint density at radius 3 is 2.20 bits per heavy atom. The minimum Gasteiger partial charge on any atom is -0.316 e. The molecule has 0 radical (unpaired) electrons. The fraction of sp³-hybridized carbons (Fsp3) is 1.00. The zero-order chi connectivity index (χ0) is 10.4. The Hall–Kier alpha value is -0.0800. The molecule has 2 unspecified atom stereocenters. The third-order valence-corrected chi connectivity index (χ3v) is 5.03. The molecule has 86 valence electrons. The minimum atomic E-state index is 0.907. The zero-order valence-corrected chi connectivity index (χ0v) is 10.1. The van der Waals surface area contributed by atoms with Crippen LogP contribution in [0.25, 0.3) is 0 Å². The van der Waals surface area contributed by atoms with Crippen LogP contribution in [-0.4, -0.2) is 37.1 Å². The fourth-order valence-corrected chi connectivity index (χ4v) is 3.66. The van der Waals surface area contributed by atoms with Crippen molar-refractivity contribution >= 4 is 0 Å². The second-order valence-corrected chi connectivity index (χ2v) is 6.26. The smallest absolute Gasteiger partial charge is 0.0101 e. The van der Waals surface area contributed by atoms with Crippen molar-refractivity contribution < 1.29 is 0 Å². The van der Waals surface area contributed by atoms with Gasteiger partial charge in [-0.25, -0.2) is 0 Å². The second-order valence-electron chi connectivity index (χ2n) is 6.26. The normalized spacial score (nSPS) is 45.8. The number of hydrogen-bond acceptors (Lipinski definition) is 2. The van der Waals surface area contributed by atoms with E-state index in [2.05, 4.69) is 24.1 Å². The Morgan fingerprint density at radius 1 is 1.07 bits per heavy atom. The topological polar surface area (TPSA) is 15.3 Å². The SMILES string of the molecule is CC(C)C1CC(N2CC3CNCC3C2)C1. The third kappa shape index (κ3) is 1.72. The highest BCUT2D eigenvalue weighted by Crippen LogP contribution is 2.40. The summed E-state index contributed by atoms with van der Waals surface area (Å²) in [5, 5.41) is 3.52. The minimum absolute atomic E-state index is 0.907. The van der Waals surface area contributed by atoms with Crippen LogP contribution in [0.5, 0.6) is 0 Å². The molecule has 15 heavy (non-hydrogen) atoms. The van der Waals surface area contributed by atoms with E-state index in [9.17, 15) is 0 Å². The molecular weight excluding hydrogens is 184 g/mol. The van der Waals surface area contributed by atoms with Gasteiger partial charge in [0.05, 0.1) is 0 Å². The Kier molecular flexibility index (Phi) is 2.52. The average molecular weight is 208 g/mol. The summed E-state index contributed by atoms with van der Waals surface area (Å²) >= 11 is 0. The number of rotatable bonds is 2. The maximum absolute atomic E-state index is 3.52. The van der Waals surface area contributed by atoms with Crippen molar-refractivity contribution in [3.8, 4) is 0 Å². The van der Waals surface area contributed by atoms with E-state index in [1.165, 1.54) is 39.0 Å². The van der Waals surface area contributed by atoms with E-state index in [1.807, 2.05) is 0 Å². The average Bonchev–Trinajstić information content (AvgIpc) is 2.58. The molecule has 3 aliphatic rings. The molecule has 1 saturated carbocycles. The predicted molar refractivity (Wildman–Crippen MR) is 62.8 cm³/mol. The van der Waals surface area contributed by atoms with Crippen LogP contribution in [-0.2, 0) is 0 Å². The van der Waals surface area contributed by atoms with Gasteiger partial charge in [0.15, 0.2) is 0 Å². The van der Waals surface area contributed by atoms with E-state index in [0.717, 1.165) is 29.7 Å². The summed E-state index contributed by atoms with van der Waals surface area (Å²) in [6, 6.07) is 0.947. The van der Waals surface area contributed by atoms with Gasteiger partial charge >= 0.3 is 0 Å². The monoisotopic (exact) mass is 208 g/mol. The van der Waals surface area contributed by atoms with Crippen LogP contribution in [0, 0.1) is 23.7 Å². The molecule has 1 aliphatic carbocycles. The first kappa shape index (κ1) is 10.1. The number of likely N-dealkylation sites (tertiary alicyclic amines) is 1. The first-order chi connectivity index (χ1) is 7.24. The highest BCUT2D eigenvalue weighted by atomic mass is 15.2. The van der Waals surface area contributed by atoms with Gasteiger partial charge in [-0.15, -0.1) is 0 Å². The van der Waals surface area contributed by atoms with Gasteiger partial charge in [-0.2, -0.15) is 0 Å². The summed E-state index contributed by atoms with van der Waals surface area (Å²) in [7, 11) is 0. The lowest BCUT2D eigenvalue weighted by Crippen LogP contribution is -2.45. The predicted octanol–water partition coefficient (Wildman–Crippen LogP) is 1.57. The number of nitrogens with zero attached hydrogens (tertiary/aromatic N) is 1. The number of fused-ring (bicyclic) bond motifs is 1. The van der Waals surface area contributed by atoms with Crippen LogP contribution in [0.1, 0.15) is 26.7 Å². The van der Waals surface area contributed by atoms with Gasteiger partial charge in [-0.05, 0) is 49.6 Å². The van der Waals surface area contributed by atoms with Gasteiger partial charge in [-0.3, -0.25) is 4.90 Å². The van der Waals surface area contributed by atoms with Gasteiger partial charge in [-0.1, -0.05) is 13.8 Å². The number of nitrogens with one attached hydrogen (secondary N) is 1. The molecule has 0 spiro atoms. The standard InChI is InChI=1S/C13H24N2/c1-9(2)10-3-13(4-10)15-7-11-5-14-6-12(11)8-15/h9-14H,3-8H2,1-2H3. The van der Waals surface area contributed by atoms with Crippen molar-refractivity contribution in [1.29, 1.82) is 0 Å². The maximum Gasteiger partial charge on any atom is 0.0101 e. The maximum atomic E-state index is 3.52. The highest BCUT2D eigenvalue weighted by Gasteiger charge is 2.42. The van der Waals surface area contributed by atoms with Gasteiger partial charge < -0.3 is 5.32 Å². The lowest BCUT2D eigenvalue weighted by atomic mass is 9.73. The van der Waals surface area contributed by atoms with Crippen LogP contribution in [0.2, 0.25) is 0 Å². The molecular formula is C13H24N2. The van der Waals surface area contributed by atoms with Gasteiger partial charge in [0, 0.05) is 19.1 Å². The van der Waals surface area contributed by atoms with Crippen LogP contribution < -0.4 is 5.32 Å². The molecule has 1 N–H and O–H groups in total. The molecule has 2 aliphatic heterocycles. The summed E-state index contributed by atoms with van der Waals surface area (Å²) in [6.45, 7) is 10.1. The van der Waals surface area contributed by atoms with E-state index in [-0.39, 0.29) is 0 Å². The molecule has 2 atom stereocenters. The van der Waals surface area contributed by atoms with Gasteiger partial charge in [0.1, 0.15) is 0 Å². The van der Waals surface area contributed by atoms with E-state index in [1.54, 1.807) is 0 Å². The number of hydrogen-bond donors (Lipinski definition) is 1. The Bertz CT molecular complexity index is 221. The lowest BCUT2D eigenvalue weighted by Gasteiger charge is -2.43. The van der Waals surface area contributed by atoms with Crippen molar-refractivity contribution in [3.05, 3.63) is 0 Å². The molecule has 0 amide bonds. The Balaban J connectivity index is 1.50. The zero-order valence-electron chi connectivity index (χ0n) is 10.1. The largest absolute Gasteiger partial charge is 0.316 e. The molecule has 0 aromatic heterocycles. The van der Waals surface area contributed by atoms with E-state index in [4.69, 9.17) is 0 Å². The van der Waals surface area contributed by atoms with Crippen molar-refractivity contribution in [2.75, 3.05) is 26.2 Å². The first-order valence-electron chi connectivity index (χ1n) is 6.69. The van der Waals surface area contributed by atoms with Crippen molar-refractivity contribution in [1.82, 2.24) is 10.2 Å². The van der Waals surface area contributed by atoms with Crippen LogP contribution >= 0.6 is 0 Å². The molecule has 2 heteroatoms. The van der Waals surface area contributed by atoms with Crippen molar-refractivity contribution in [2.45, 2.75) is 32.7 Å². The van der Waals surface area contributed by atoms with Crippen LogP contribution in [0.4, 0.5) is 0 Å². The molecule has 3 rings (SSSR count). The molecule has 3 fully saturated rings. The van der Waals surface area contributed by atoms with Gasteiger partial charge in [0.2, 0.25) is 0 Å². The third-order valence-electron chi connectivity index (χ3n) is 5.03. The molecule has 0 bridgehead atoms. The fourth-order valence-electron chi connectivity index (χ4n) is 3.66. The van der Waals surface area contributed by atoms with E-state index >= 15 is 0 Å². The second kappa shape index (κ2) is 3.74. The summed E-state index contributed by atoms with van der Waals surface area (Å²) in [5.74, 6) is 3.88. The highest BCUT2D eigenvalue weighted by molar-refractivity contribution is 4.97. The van der Waals surface area contributed by atoms with Crippen molar-refractivity contribution in [3.63, 3.8) is 0 Å². The van der Waals surface area contributed by atoms with E-state index < -0.39 is 0 Å². The summed E-state index contributed by atoms with van der Waals surface area (Å²) in [6.07, 6.45) is 2.95. The summed E-state index contributed by atoms with van der Waals surface area (Å²) in [5.41, 5.74) is 0. The van der Waals surface area contributed by atoms with Crippen LogP contribution in [0.3, 0.4) is 0 Å². The van der Waals surface area contributed by atoms with Gasteiger partial charge in [0.25, 0.3) is 0 Å². The van der Waals surface area contributed by atoms with Crippen LogP contribution in [0.15, 0.2) is 0 Å². The molecule has 0 aromatic rings. The summed E-state index contributed by atoms with van der Waals surface area (Å²) < 4.78 is 0. The summed E-state index contributed by atoms with van der Waals surface area (Å²) in [4.78, 5) is 2.79. The van der Waals surface area contributed by atoms with E-state index in [0.29, 0.717) is 0 Å². The molecule has 2 heterocycles. The molecule has 2 saturated heterocycles.